The molecule has 0 aromatic rings. The highest BCUT2D eigenvalue weighted by Crippen LogP contribution is 2.62. The summed E-state index contributed by atoms with van der Waals surface area (Å²) >= 11 is 0. The summed E-state index contributed by atoms with van der Waals surface area (Å²) in [5.41, 5.74) is -16.1. The van der Waals surface area contributed by atoms with Gasteiger partial charge >= 0.3 is 36.0 Å². The SMILES string of the molecule is OC(F)(F)C(F)(C(F)(F)F)C(F)(C(F)(F)F)C(F)(F)F. The van der Waals surface area contributed by atoms with Gasteiger partial charge < -0.3 is 5.11 Å². The standard InChI is InChI=1S/C6HF13O/c7-1(3(9,10)11,4(12,13)14)2(8,5(15,16)17)6(18,19)20/h20H. The Bertz CT molecular complexity index is 289. The third-order valence-electron chi connectivity index (χ3n) is 2.06. The van der Waals surface area contributed by atoms with Crippen LogP contribution < -0.4 is 0 Å². The molecule has 0 bridgehead atoms. The summed E-state index contributed by atoms with van der Waals surface area (Å²) in [7, 11) is 0. The molecule has 0 aromatic heterocycles. The normalized spacial score (nSPS) is 18.9. The largest absolute Gasteiger partial charge is 0.435 e. The van der Waals surface area contributed by atoms with Gasteiger partial charge in [0.15, 0.2) is 0 Å². The van der Waals surface area contributed by atoms with Crippen LogP contribution in [0.5, 0.6) is 0 Å². The summed E-state index contributed by atoms with van der Waals surface area (Å²) in [4.78, 5) is 0. The Hall–Kier alpha value is -0.950. The first-order valence-corrected chi connectivity index (χ1v) is 3.93. The summed E-state index contributed by atoms with van der Waals surface area (Å²) in [5.74, 6) is 0. The molecule has 20 heavy (non-hydrogen) atoms. The number of halogens is 13. The topological polar surface area (TPSA) is 20.2 Å². The van der Waals surface area contributed by atoms with Crippen molar-refractivity contribution in [2.75, 3.05) is 0 Å². The summed E-state index contributed by atoms with van der Waals surface area (Å²) in [6, 6.07) is 0. The van der Waals surface area contributed by atoms with E-state index in [-0.39, 0.29) is 0 Å². The van der Waals surface area contributed by atoms with Crippen LogP contribution in [0.3, 0.4) is 0 Å². The molecule has 0 fully saturated rings. The van der Waals surface area contributed by atoms with Gasteiger partial charge in [-0.3, -0.25) is 0 Å². The Morgan fingerprint density at radius 1 is 0.400 bits per heavy atom. The van der Waals surface area contributed by atoms with Crippen molar-refractivity contribution in [2.24, 2.45) is 0 Å². The molecule has 1 N–H and O–H groups in total. The van der Waals surface area contributed by atoms with Crippen LogP contribution in [0.15, 0.2) is 0 Å². The fourth-order valence-electron chi connectivity index (χ4n) is 1.12. The monoisotopic (exact) mass is 336 g/mol. The second kappa shape index (κ2) is 4.27. The minimum absolute atomic E-state index is 7.37. The van der Waals surface area contributed by atoms with Gasteiger partial charge in [0.05, 0.1) is 0 Å². The van der Waals surface area contributed by atoms with Crippen molar-refractivity contribution in [3.63, 3.8) is 0 Å². The van der Waals surface area contributed by atoms with E-state index < -0.39 is 36.0 Å². The Morgan fingerprint density at radius 3 is 0.650 bits per heavy atom. The van der Waals surface area contributed by atoms with Crippen LogP contribution in [0, 0.1) is 0 Å². The van der Waals surface area contributed by atoms with Gasteiger partial charge in [0, 0.05) is 0 Å². The fourth-order valence-corrected chi connectivity index (χ4v) is 1.12. The zero-order valence-corrected chi connectivity index (χ0v) is 8.36. The molecule has 1 unspecified atom stereocenters. The molecule has 0 saturated carbocycles. The van der Waals surface area contributed by atoms with Crippen LogP contribution in [-0.2, 0) is 0 Å². The van der Waals surface area contributed by atoms with E-state index in [9.17, 15) is 57.1 Å². The number of rotatable bonds is 2. The zero-order valence-electron chi connectivity index (χ0n) is 8.36. The smallest absolute Gasteiger partial charge is 0.333 e. The second-order valence-corrected chi connectivity index (χ2v) is 3.35. The molecule has 0 aliphatic carbocycles. The molecule has 14 heteroatoms. The van der Waals surface area contributed by atoms with Crippen molar-refractivity contribution in [3.05, 3.63) is 0 Å². The highest BCUT2D eigenvalue weighted by Gasteiger charge is 2.96. The van der Waals surface area contributed by atoms with Gasteiger partial charge in [-0.25, -0.2) is 8.78 Å². The van der Waals surface area contributed by atoms with Gasteiger partial charge in [0.1, 0.15) is 0 Å². The fraction of sp³-hybridized carbons (Fsp3) is 1.00. The summed E-state index contributed by atoms with van der Waals surface area (Å²) < 4.78 is 157. The van der Waals surface area contributed by atoms with Gasteiger partial charge in [-0.05, 0) is 0 Å². The van der Waals surface area contributed by atoms with Gasteiger partial charge in [-0.15, -0.1) is 0 Å². The lowest BCUT2D eigenvalue weighted by Gasteiger charge is -2.42. The maximum absolute atomic E-state index is 12.9. The van der Waals surface area contributed by atoms with Crippen molar-refractivity contribution in [1.29, 1.82) is 0 Å². The first-order chi connectivity index (χ1) is 8.25. The van der Waals surface area contributed by atoms with Crippen molar-refractivity contribution in [2.45, 2.75) is 36.0 Å². The molecule has 0 aromatic carbocycles. The Morgan fingerprint density at radius 2 is 0.600 bits per heavy atom. The first-order valence-electron chi connectivity index (χ1n) is 3.93. The average Bonchev–Trinajstić information content (AvgIpc) is 2.07. The van der Waals surface area contributed by atoms with E-state index in [1.165, 1.54) is 0 Å². The van der Waals surface area contributed by atoms with Gasteiger partial charge in [-0.2, -0.15) is 48.3 Å². The van der Waals surface area contributed by atoms with E-state index >= 15 is 0 Å². The predicted octanol–water partition coefficient (Wildman–Crippen LogP) is 3.67. The minimum Gasteiger partial charge on any atom is -0.333 e. The summed E-state index contributed by atoms with van der Waals surface area (Å²) in [6.45, 7) is 0. The number of hydrogen-bond acceptors (Lipinski definition) is 1. The second-order valence-electron chi connectivity index (χ2n) is 3.35. The molecule has 0 spiro atoms. The molecular weight excluding hydrogens is 335 g/mol. The molecule has 0 saturated heterocycles. The van der Waals surface area contributed by atoms with Crippen LogP contribution in [0.25, 0.3) is 0 Å². The lowest BCUT2D eigenvalue weighted by atomic mass is 9.82. The summed E-state index contributed by atoms with van der Waals surface area (Å²) in [6.07, 6.45) is -30.7. The number of alkyl halides is 13. The predicted molar refractivity (Wildman–Crippen MR) is 33.0 cm³/mol. The van der Waals surface area contributed by atoms with Crippen LogP contribution in [-0.4, -0.2) is 41.1 Å². The molecule has 0 amide bonds. The Balaban J connectivity index is 6.71. The van der Waals surface area contributed by atoms with Gasteiger partial charge in [-0.1, -0.05) is 0 Å². The number of aliphatic hydroxyl groups is 1. The molecule has 0 aliphatic rings. The molecule has 0 heterocycles. The summed E-state index contributed by atoms with van der Waals surface area (Å²) in [5, 5.41) is 7.47. The average molecular weight is 336 g/mol. The van der Waals surface area contributed by atoms with Crippen molar-refractivity contribution >= 4 is 0 Å². The maximum Gasteiger partial charge on any atom is 0.435 e. The van der Waals surface area contributed by atoms with Gasteiger partial charge in [0.25, 0.3) is 0 Å². The molecule has 1 atom stereocenters. The van der Waals surface area contributed by atoms with E-state index in [0.717, 1.165) is 0 Å². The molecule has 0 rings (SSSR count). The van der Waals surface area contributed by atoms with E-state index in [0.29, 0.717) is 0 Å². The maximum atomic E-state index is 12.9. The van der Waals surface area contributed by atoms with E-state index in [1.807, 2.05) is 0 Å². The third-order valence-corrected chi connectivity index (χ3v) is 2.06. The van der Waals surface area contributed by atoms with E-state index in [4.69, 9.17) is 5.11 Å². The first kappa shape index (κ1) is 19.1. The zero-order chi connectivity index (χ0) is 17.0. The lowest BCUT2D eigenvalue weighted by molar-refractivity contribution is -0.473. The highest BCUT2D eigenvalue weighted by molar-refractivity contribution is 5.17. The quantitative estimate of drug-likeness (QED) is 0.763. The minimum atomic E-state index is -8.09. The van der Waals surface area contributed by atoms with Crippen LogP contribution >= 0.6 is 0 Å². The Kier molecular flexibility index (Phi) is 4.07. The third kappa shape index (κ3) is 2.26. The van der Waals surface area contributed by atoms with Crippen LogP contribution in [0.1, 0.15) is 0 Å². The van der Waals surface area contributed by atoms with Gasteiger partial charge in [0.2, 0.25) is 0 Å². The molecule has 1 nitrogen and oxygen atoms in total. The van der Waals surface area contributed by atoms with Crippen molar-refractivity contribution in [3.8, 4) is 0 Å². The molecular formula is C6HF13O. The Labute approximate surface area is 99.5 Å². The molecule has 0 radical (unpaired) electrons. The van der Waals surface area contributed by atoms with Crippen LogP contribution in [0.2, 0.25) is 0 Å². The van der Waals surface area contributed by atoms with E-state index in [1.54, 1.807) is 0 Å². The van der Waals surface area contributed by atoms with Crippen molar-refractivity contribution in [1.82, 2.24) is 0 Å². The lowest BCUT2D eigenvalue weighted by Crippen LogP contribution is -2.77. The molecule has 122 valence electrons. The molecule has 0 aliphatic heterocycles. The number of hydrogen-bond donors (Lipinski definition) is 1. The van der Waals surface area contributed by atoms with Crippen LogP contribution in [0.4, 0.5) is 57.1 Å². The van der Waals surface area contributed by atoms with Crippen molar-refractivity contribution < 1.29 is 62.2 Å². The van der Waals surface area contributed by atoms with E-state index in [2.05, 4.69) is 0 Å². The highest BCUT2D eigenvalue weighted by atomic mass is 19.4.